The van der Waals surface area contributed by atoms with E-state index in [-0.39, 0.29) is 16.5 Å². The molecule has 2 heterocycles. The number of Topliss-reactive ketones (excluding diaryl/α,β-unsaturated/α-hetero) is 1. The number of para-hydroxylation sites is 1. The normalized spacial score (nSPS) is 21.5. The van der Waals surface area contributed by atoms with E-state index in [1.807, 2.05) is 0 Å². The molecule has 2 aromatic carbocycles. The molecule has 0 aliphatic carbocycles. The van der Waals surface area contributed by atoms with Gasteiger partial charge in [0.2, 0.25) is 5.91 Å². The molecule has 2 atom stereocenters. The minimum absolute atomic E-state index is 0.0582. The number of benzene rings is 2. The number of nitrogens with zero attached hydrogens (tertiary/aromatic N) is 3. The van der Waals surface area contributed by atoms with E-state index in [1.54, 1.807) is 48.5 Å². The predicted octanol–water partition coefficient (Wildman–Crippen LogP) is 3.32. The van der Waals surface area contributed by atoms with Gasteiger partial charge in [-0.3, -0.25) is 19.4 Å². The van der Waals surface area contributed by atoms with Gasteiger partial charge in [0.1, 0.15) is 17.7 Å². The van der Waals surface area contributed by atoms with Gasteiger partial charge in [-0.2, -0.15) is 5.10 Å². The Labute approximate surface area is 165 Å². The maximum atomic E-state index is 13.2. The SMILES string of the molecule is CC(=O)C1=NN(c2ccc(Cl)cc2)[C@H]2C(=O)N(c3ccccc3Cl)C(=O)[C@@H]12. The summed E-state index contributed by atoms with van der Waals surface area (Å²) in [5, 5.41) is 6.49. The first-order valence-corrected chi connectivity index (χ1v) is 8.92. The average Bonchev–Trinajstić information content (AvgIpc) is 3.15. The van der Waals surface area contributed by atoms with Gasteiger partial charge in [0.05, 0.1) is 16.4 Å². The second kappa shape index (κ2) is 6.48. The van der Waals surface area contributed by atoms with Crippen LogP contribution in [0.4, 0.5) is 11.4 Å². The van der Waals surface area contributed by atoms with E-state index in [4.69, 9.17) is 23.2 Å². The highest BCUT2D eigenvalue weighted by Crippen LogP contribution is 2.39. The van der Waals surface area contributed by atoms with Crippen LogP contribution in [0.25, 0.3) is 0 Å². The van der Waals surface area contributed by atoms with E-state index >= 15 is 0 Å². The van der Waals surface area contributed by atoms with Crippen LogP contribution >= 0.6 is 23.2 Å². The Morgan fingerprint density at radius 3 is 2.30 bits per heavy atom. The number of amides is 2. The molecule has 1 fully saturated rings. The molecule has 2 aromatic rings. The molecule has 27 heavy (non-hydrogen) atoms. The zero-order valence-electron chi connectivity index (χ0n) is 14.1. The summed E-state index contributed by atoms with van der Waals surface area (Å²) in [5.41, 5.74) is 0.915. The number of fused-ring (bicyclic) bond motifs is 1. The molecule has 6 nitrogen and oxygen atoms in total. The number of carbonyl (C=O) groups excluding carboxylic acids is 3. The van der Waals surface area contributed by atoms with Gasteiger partial charge in [0.15, 0.2) is 5.78 Å². The van der Waals surface area contributed by atoms with Crippen molar-refractivity contribution in [2.24, 2.45) is 11.0 Å². The number of hydrogen-bond donors (Lipinski definition) is 0. The molecule has 0 spiro atoms. The minimum atomic E-state index is -0.970. The van der Waals surface area contributed by atoms with Crippen LogP contribution in [0.3, 0.4) is 0 Å². The Balaban J connectivity index is 1.82. The Morgan fingerprint density at radius 2 is 1.67 bits per heavy atom. The molecule has 0 saturated carbocycles. The van der Waals surface area contributed by atoms with E-state index in [2.05, 4.69) is 5.10 Å². The van der Waals surface area contributed by atoms with Crippen molar-refractivity contribution in [2.45, 2.75) is 13.0 Å². The quantitative estimate of drug-likeness (QED) is 0.739. The van der Waals surface area contributed by atoms with Gasteiger partial charge in [-0.05, 0) is 36.4 Å². The number of hydrazone groups is 1. The topological polar surface area (TPSA) is 70.1 Å². The molecule has 1 saturated heterocycles. The lowest BCUT2D eigenvalue weighted by Gasteiger charge is -2.22. The summed E-state index contributed by atoms with van der Waals surface area (Å²) >= 11 is 12.1. The minimum Gasteiger partial charge on any atom is -0.293 e. The largest absolute Gasteiger partial charge is 0.293 e. The Morgan fingerprint density at radius 1 is 1.00 bits per heavy atom. The predicted molar refractivity (Wildman–Crippen MR) is 103 cm³/mol. The molecule has 2 aliphatic rings. The van der Waals surface area contributed by atoms with Gasteiger partial charge in [-0.25, -0.2) is 4.90 Å². The van der Waals surface area contributed by atoms with Crippen molar-refractivity contribution in [1.29, 1.82) is 0 Å². The number of halogens is 2. The van der Waals surface area contributed by atoms with E-state index < -0.39 is 23.8 Å². The van der Waals surface area contributed by atoms with Gasteiger partial charge in [-0.1, -0.05) is 35.3 Å². The van der Waals surface area contributed by atoms with Crippen LogP contribution in [-0.4, -0.2) is 29.4 Å². The first-order chi connectivity index (χ1) is 12.9. The van der Waals surface area contributed by atoms with Crippen LogP contribution in [0.2, 0.25) is 10.0 Å². The molecule has 8 heteroatoms. The molecule has 2 amide bonds. The van der Waals surface area contributed by atoms with E-state index in [1.165, 1.54) is 11.9 Å². The molecule has 136 valence electrons. The lowest BCUT2D eigenvalue weighted by molar-refractivity contribution is -0.122. The molecule has 0 aromatic heterocycles. The first-order valence-electron chi connectivity index (χ1n) is 8.16. The molecule has 0 N–H and O–H groups in total. The van der Waals surface area contributed by atoms with E-state index in [0.717, 1.165) is 4.90 Å². The summed E-state index contributed by atoms with van der Waals surface area (Å²) in [6.07, 6.45) is 0. The van der Waals surface area contributed by atoms with E-state index in [9.17, 15) is 14.4 Å². The van der Waals surface area contributed by atoms with Crippen LogP contribution in [0.1, 0.15) is 6.92 Å². The van der Waals surface area contributed by atoms with Gasteiger partial charge in [0, 0.05) is 11.9 Å². The van der Waals surface area contributed by atoms with Crippen molar-refractivity contribution in [1.82, 2.24) is 0 Å². The maximum absolute atomic E-state index is 13.2. The highest BCUT2D eigenvalue weighted by molar-refractivity contribution is 6.49. The van der Waals surface area contributed by atoms with E-state index in [0.29, 0.717) is 16.4 Å². The summed E-state index contributed by atoms with van der Waals surface area (Å²) in [5.74, 6) is -2.32. The van der Waals surface area contributed by atoms with Crippen molar-refractivity contribution in [3.05, 3.63) is 58.6 Å². The fourth-order valence-corrected chi connectivity index (χ4v) is 3.73. The number of ketones is 1. The summed E-state index contributed by atoms with van der Waals surface area (Å²) in [7, 11) is 0. The Bertz CT molecular complexity index is 1000. The second-order valence-electron chi connectivity index (χ2n) is 6.25. The van der Waals surface area contributed by atoms with Gasteiger partial charge in [-0.15, -0.1) is 0 Å². The molecule has 0 bridgehead atoms. The fourth-order valence-electron chi connectivity index (χ4n) is 3.38. The fraction of sp³-hybridized carbons (Fsp3) is 0.158. The number of hydrogen-bond acceptors (Lipinski definition) is 5. The molecule has 0 radical (unpaired) electrons. The van der Waals surface area contributed by atoms with Crippen LogP contribution in [0.15, 0.2) is 53.6 Å². The smallest absolute Gasteiger partial charge is 0.259 e. The van der Waals surface area contributed by atoms with Crippen molar-refractivity contribution in [3.8, 4) is 0 Å². The first kappa shape index (κ1) is 17.7. The van der Waals surface area contributed by atoms with Crippen molar-refractivity contribution >= 4 is 57.9 Å². The van der Waals surface area contributed by atoms with Gasteiger partial charge < -0.3 is 0 Å². The molecular formula is C19H13Cl2N3O3. The number of rotatable bonds is 3. The lowest BCUT2D eigenvalue weighted by Crippen LogP contribution is -2.39. The second-order valence-corrected chi connectivity index (χ2v) is 7.09. The Kier molecular flexibility index (Phi) is 4.25. The number of imide groups is 1. The third kappa shape index (κ3) is 2.72. The summed E-state index contributed by atoms with van der Waals surface area (Å²) in [6, 6.07) is 12.3. The van der Waals surface area contributed by atoms with Crippen LogP contribution in [0, 0.1) is 5.92 Å². The van der Waals surface area contributed by atoms with Gasteiger partial charge in [0.25, 0.3) is 5.91 Å². The van der Waals surface area contributed by atoms with Crippen molar-refractivity contribution in [3.63, 3.8) is 0 Å². The average molecular weight is 402 g/mol. The maximum Gasteiger partial charge on any atom is 0.259 e. The van der Waals surface area contributed by atoms with Gasteiger partial charge >= 0.3 is 0 Å². The molecular weight excluding hydrogens is 389 g/mol. The standard InChI is InChI=1S/C19H13Cl2N3O3/c1-10(25)16-15-17(24(22-16)12-8-6-11(20)7-9-12)19(27)23(18(15)26)14-5-3-2-4-13(14)21/h2-9,15,17H,1H3/t15-,17+/m0/s1. The third-order valence-electron chi connectivity index (χ3n) is 4.59. The van der Waals surface area contributed by atoms with Crippen molar-refractivity contribution in [2.75, 3.05) is 9.91 Å². The van der Waals surface area contributed by atoms with Crippen molar-refractivity contribution < 1.29 is 14.4 Å². The lowest BCUT2D eigenvalue weighted by atomic mass is 9.95. The Hall–Kier alpha value is -2.70. The van der Waals surface area contributed by atoms with Crippen LogP contribution in [-0.2, 0) is 14.4 Å². The highest BCUT2D eigenvalue weighted by Gasteiger charge is 2.58. The highest BCUT2D eigenvalue weighted by atomic mass is 35.5. The van der Waals surface area contributed by atoms with Crippen LogP contribution < -0.4 is 9.91 Å². The molecule has 2 aliphatic heterocycles. The number of anilines is 2. The molecule has 4 rings (SSSR count). The third-order valence-corrected chi connectivity index (χ3v) is 5.17. The van der Waals surface area contributed by atoms with Crippen LogP contribution in [0.5, 0.6) is 0 Å². The summed E-state index contributed by atoms with van der Waals surface area (Å²) in [6.45, 7) is 1.33. The summed E-state index contributed by atoms with van der Waals surface area (Å²) < 4.78 is 0. The molecule has 0 unspecified atom stereocenters. The number of carbonyl (C=O) groups is 3. The zero-order valence-corrected chi connectivity index (χ0v) is 15.6. The zero-order chi connectivity index (χ0) is 19.3. The summed E-state index contributed by atoms with van der Waals surface area (Å²) in [4.78, 5) is 39.4. The monoisotopic (exact) mass is 401 g/mol.